The fourth-order valence-corrected chi connectivity index (χ4v) is 5.97. The zero-order valence-corrected chi connectivity index (χ0v) is 15.6. The highest BCUT2D eigenvalue weighted by Gasteiger charge is 2.54. The molecule has 0 bridgehead atoms. The monoisotopic (exact) mass is 364 g/mol. The highest BCUT2D eigenvalue weighted by atomic mass is 16.1. The molecule has 0 heterocycles. The van der Waals surface area contributed by atoms with Crippen LogP contribution in [0.5, 0.6) is 0 Å². The molecule has 0 spiro atoms. The molecule has 1 aromatic carbocycles. The van der Waals surface area contributed by atoms with E-state index in [4.69, 9.17) is 11.1 Å². The molecule has 0 saturated heterocycles. The maximum Gasteiger partial charge on any atom is 0.139 e. The first-order valence-electron chi connectivity index (χ1n) is 9.79. The molecule has 3 aliphatic carbocycles. The van der Waals surface area contributed by atoms with Crippen molar-refractivity contribution in [3.63, 3.8) is 0 Å². The number of azide groups is 2. The van der Waals surface area contributed by atoms with Gasteiger partial charge in [0.1, 0.15) is 5.78 Å². The summed E-state index contributed by atoms with van der Waals surface area (Å²) in [5.74, 6) is 2.13. The molecule has 2 fully saturated rings. The van der Waals surface area contributed by atoms with Crippen LogP contribution in [-0.2, 0) is 11.2 Å². The maximum atomic E-state index is 12.4. The SMILES string of the molecule is C[C@]12CC[C@@H]3c4ccc(C(CN=[N+]=[N-])N=[N+]=[N-])cc4CC[C@H]3[C@@H]1CCC2=O. The van der Waals surface area contributed by atoms with Crippen molar-refractivity contribution < 1.29 is 4.79 Å². The van der Waals surface area contributed by atoms with Gasteiger partial charge in [-0.2, -0.15) is 0 Å². The molecule has 0 radical (unpaired) electrons. The molecule has 0 aliphatic heterocycles. The third kappa shape index (κ3) is 2.88. The molecule has 27 heavy (non-hydrogen) atoms. The Morgan fingerprint density at radius 1 is 1.22 bits per heavy atom. The molecule has 7 heteroatoms. The van der Waals surface area contributed by atoms with Crippen LogP contribution in [0.1, 0.15) is 67.7 Å². The van der Waals surface area contributed by atoms with Gasteiger partial charge in [-0.1, -0.05) is 35.4 Å². The van der Waals surface area contributed by atoms with Crippen LogP contribution in [-0.4, -0.2) is 12.3 Å². The Labute approximate surface area is 158 Å². The molecule has 0 amide bonds. The number of nitrogens with zero attached hydrogens (tertiary/aromatic N) is 6. The Bertz CT molecular complexity index is 869. The Morgan fingerprint density at radius 2 is 2.07 bits per heavy atom. The fourth-order valence-electron chi connectivity index (χ4n) is 5.97. The van der Waals surface area contributed by atoms with E-state index < -0.39 is 6.04 Å². The van der Waals surface area contributed by atoms with E-state index in [0.29, 0.717) is 23.5 Å². The number of hydrogen-bond donors (Lipinski definition) is 0. The third-order valence-electron chi connectivity index (χ3n) is 7.35. The molecule has 140 valence electrons. The smallest absolute Gasteiger partial charge is 0.139 e. The lowest BCUT2D eigenvalue weighted by atomic mass is 9.55. The topological polar surface area (TPSA) is 115 Å². The summed E-state index contributed by atoms with van der Waals surface area (Å²) in [6.45, 7) is 2.33. The Kier molecular flexibility index (Phi) is 4.58. The average molecular weight is 364 g/mol. The normalized spacial score (nSPS) is 32.3. The molecule has 0 aromatic heterocycles. The van der Waals surface area contributed by atoms with Gasteiger partial charge in [0.15, 0.2) is 0 Å². The summed E-state index contributed by atoms with van der Waals surface area (Å²) in [5.41, 5.74) is 20.9. The number of ketones is 1. The van der Waals surface area contributed by atoms with Crippen LogP contribution in [0.3, 0.4) is 0 Å². The van der Waals surface area contributed by atoms with Crippen LogP contribution >= 0.6 is 0 Å². The summed E-state index contributed by atoms with van der Waals surface area (Å²) < 4.78 is 0. The van der Waals surface area contributed by atoms with Crippen molar-refractivity contribution in [3.05, 3.63) is 55.8 Å². The molecule has 5 atom stereocenters. The predicted molar refractivity (Wildman–Crippen MR) is 102 cm³/mol. The van der Waals surface area contributed by atoms with Crippen molar-refractivity contribution in [1.82, 2.24) is 0 Å². The minimum absolute atomic E-state index is 0.0967. The number of carbonyl (C=O) groups is 1. The lowest BCUT2D eigenvalue weighted by Gasteiger charge is -2.48. The minimum Gasteiger partial charge on any atom is -0.299 e. The minimum atomic E-state index is -0.462. The van der Waals surface area contributed by atoms with Gasteiger partial charge in [0, 0.05) is 28.2 Å². The van der Waals surface area contributed by atoms with Gasteiger partial charge in [0.05, 0.1) is 6.04 Å². The lowest BCUT2D eigenvalue weighted by molar-refractivity contribution is -0.129. The molecule has 1 unspecified atom stereocenters. The molecular weight excluding hydrogens is 340 g/mol. The average Bonchev–Trinajstić information content (AvgIpc) is 2.99. The van der Waals surface area contributed by atoms with Crippen molar-refractivity contribution >= 4 is 5.78 Å². The van der Waals surface area contributed by atoms with E-state index in [9.17, 15) is 4.79 Å². The first-order chi connectivity index (χ1) is 13.1. The van der Waals surface area contributed by atoms with Crippen molar-refractivity contribution in [1.29, 1.82) is 0 Å². The van der Waals surface area contributed by atoms with Crippen LogP contribution in [0.2, 0.25) is 0 Å². The van der Waals surface area contributed by atoms with Crippen LogP contribution in [0.15, 0.2) is 28.4 Å². The number of fused-ring (bicyclic) bond motifs is 5. The quantitative estimate of drug-likeness (QED) is 0.376. The van der Waals surface area contributed by atoms with E-state index in [1.807, 2.05) is 6.07 Å². The summed E-state index contributed by atoms with van der Waals surface area (Å²) in [7, 11) is 0. The number of Topliss-reactive ketones (excluding diaryl/α,β-unsaturated/α-hetero) is 1. The van der Waals surface area contributed by atoms with Crippen molar-refractivity contribution in [2.45, 2.75) is 57.4 Å². The summed E-state index contributed by atoms with van der Waals surface area (Å²) in [6.07, 6.45) is 6.00. The highest BCUT2D eigenvalue weighted by Crippen LogP contribution is 2.59. The van der Waals surface area contributed by atoms with Gasteiger partial charge in [0.25, 0.3) is 0 Å². The van der Waals surface area contributed by atoms with Crippen molar-refractivity contribution in [3.8, 4) is 0 Å². The number of benzene rings is 1. The highest BCUT2D eigenvalue weighted by molar-refractivity contribution is 5.87. The van der Waals surface area contributed by atoms with Crippen LogP contribution in [0.4, 0.5) is 0 Å². The van der Waals surface area contributed by atoms with Gasteiger partial charge in [0.2, 0.25) is 0 Å². The first-order valence-corrected chi connectivity index (χ1v) is 9.79. The van der Waals surface area contributed by atoms with Gasteiger partial charge >= 0.3 is 0 Å². The molecular formula is C20H24N6O. The van der Waals surface area contributed by atoms with Crippen LogP contribution < -0.4 is 0 Å². The summed E-state index contributed by atoms with van der Waals surface area (Å²) in [6, 6.07) is 5.86. The lowest BCUT2D eigenvalue weighted by Crippen LogP contribution is -2.42. The second-order valence-electron chi connectivity index (χ2n) is 8.43. The summed E-state index contributed by atoms with van der Waals surface area (Å²) in [5, 5.41) is 7.38. The summed E-state index contributed by atoms with van der Waals surface area (Å²) >= 11 is 0. The van der Waals surface area contributed by atoms with E-state index in [1.54, 1.807) is 0 Å². The van der Waals surface area contributed by atoms with Crippen LogP contribution in [0, 0.1) is 17.3 Å². The molecule has 2 saturated carbocycles. The Balaban J connectivity index is 1.63. The zero-order valence-electron chi connectivity index (χ0n) is 15.6. The van der Waals surface area contributed by atoms with E-state index in [0.717, 1.165) is 44.1 Å². The van der Waals surface area contributed by atoms with Crippen molar-refractivity contribution in [2.75, 3.05) is 6.54 Å². The summed E-state index contributed by atoms with van der Waals surface area (Å²) in [4.78, 5) is 18.1. The number of rotatable bonds is 4. The van der Waals surface area contributed by atoms with Gasteiger partial charge in [-0.3, -0.25) is 4.79 Å². The fraction of sp³-hybridized carbons (Fsp3) is 0.650. The van der Waals surface area contributed by atoms with Crippen molar-refractivity contribution in [2.24, 2.45) is 27.5 Å². The maximum absolute atomic E-state index is 12.4. The molecule has 4 rings (SSSR count). The largest absolute Gasteiger partial charge is 0.299 e. The Morgan fingerprint density at radius 3 is 2.85 bits per heavy atom. The van der Waals surface area contributed by atoms with E-state index in [-0.39, 0.29) is 12.0 Å². The van der Waals surface area contributed by atoms with E-state index >= 15 is 0 Å². The second kappa shape index (κ2) is 6.91. The van der Waals surface area contributed by atoms with Gasteiger partial charge in [-0.15, -0.1) is 0 Å². The standard InChI is InChI=1S/C20H24N6O/c1-20-9-8-15-14-4-3-13(18(24-26-22)11-23-25-21)10-12(14)2-5-16(15)17(20)6-7-19(20)27/h3-4,10,15-18H,2,5-9,11H2,1H3/t15-,16-,17+,18?,20+/m1/s1. The first kappa shape index (κ1) is 17.9. The molecule has 0 N–H and O–H groups in total. The predicted octanol–water partition coefficient (Wildman–Crippen LogP) is 5.77. The second-order valence-corrected chi connectivity index (χ2v) is 8.43. The molecule has 3 aliphatic rings. The number of hydrogen-bond acceptors (Lipinski definition) is 3. The van der Waals surface area contributed by atoms with Gasteiger partial charge in [-0.25, -0.2) is 0 Å². The van der Waals surface area contributed by atoms with Gasteiger partial charge < -0.3 is 0 Å². The third-order valence-corrected chi connectivity index (χ3v) is 7.35. The van der Waals surface area contributed by atoms with Crippen LogP contribution in [0.25, 0.3) is 20.9 Å². The zero-order chi connectivity index (χ0) is 19.0. The van der Waals surface area contributed by atoms with E-state index in [2.05, 4.69) is 39.1 Å². The van der Waals surface area contributed by atoms with E-state index in [1.165, 1.54) is 11.1 Å². The number of carbonyl (C=O) groups excluding carboxylic acids is 1. The Hall–Kier alpha value is -2.49. The molecule has 1 aromatic rings. The molecule has 7 nitrogen and oxygen atoms in total. The number of aryl methyl sites for hydroxylation is 1. The van der Waals surface area contributed by atoms with Gasteiger partial charge in [-0.05, 0) is 77.6 Å².